The Kier molecular flexibility index (Phi) is 6.69. The molecule has 9 nitrogen and oxygen atoms in total. The van der Waals surface area contributed by atoms with Gasteiger partial charge in [0.2, 0.25) is 0 Å². The van der Waals surface area contributed by atoms with Crippen LogP contribution < -0.4 is 16.0 Å². The Bertz CT molecular complexity index is 1440. The van der Waals surface area contributed by atoms with Crippen LogP contribution in [0.4, 0.5) is 20.6 Å². The van der Waals surface area contributed by atoms with Crippen molar-refractivity contribution in [3.8, 4) is 0 Å². The van der Waals surface area contributed by atoms with Gasteiger partial charge in [0.1, 0.15) is 5.82 Å². The van der Waals surface area contributed by atoms with Crippen LogP contribution in [0, 0.1) is 19.7 Å². The second kappa shape index (κ2) is 9.87. The molecule has 0 radical (unpaired) electrons. The summed E-state index contributed by atoms with van der Waals surface area (Å²) in [6.07, 6.45) is 2.10. The van der Waals surface area contributed by atoms with E-state index in [4.69, 9.17) is 5.11 Å². The van der Waals surface area contributed by atoms with E-state index in [1.165, 1.54) is 18.2 Å². The number of aryl methyl sites for hydroxylation is 1. The van der Waals surface area contributed by atoms with Crippen molar-refractivity contribution in [2.45, 2.75) is 26.7 Å². The number of H-pyrrole nitrogens is 1. The number of fused-ring (bicyclic) bond motifs is 1. The molecule has 0 fully saturated rings. The second-order valence-electron chi connectivity index (χ2n) is 8.32. The number of imide groups is 1. The molecule has 3 aromatic rings. The van der Waals surface area contributed by atoms with E-state index < -0.39 is 23.7 Å². The molecule has 0 aliphatic carbocycles. The molecule has 1 aliphatic rings. The van der Waals surface area contributed by atoms with E-state index in [2.05, 4.69) is 20.9 Å². The first-order valence-corrected chi connectivity index (χ1v) is 11.1. The van der Waals surface area contributed by atoms with Gasteiger partial charge in [-0.25, -0.2) is 9.18 Å². The molecule has 0 unspecified atom stereocenters. The number of urea groups is 1. The first-order valence-electron chi connectivity index (χ1n) is 11.1. The summed E-state index contributed by atoms with van der Waals surface area (Å²) >= 11 is 0. The Labute approximate surface area is 205 Å². The summed E-state index contributed by atoms with van der Waals surface area (Å²) in [5.41, 5.74) is 4.87. The molecule has 1 aliphatic heterocycles. The lowest BCUT2D eigenvalue weighted by molar-refractivity contribution is -0.137. The molecule has 0 spiro atoms. The Morgan fingerprint density at radius 3 is 2.58 bits per heavy atom. The van der Waals surface area contributed by atoms with Crippen LogP contribution in [-0.2, 0) is 16.0 Å². The molecule has 0 saturated heterocycles. The van der Waals surface area contributed by atoms with E-state index in [0.29, 0.717) is 34.6 Å². The number of benzene rings is 2. The van der Waals surface area contributed by atoms with Crippen LogP contribution in [0.5, 0.6) is 0 Å². The van der Waals surface area contributed by atoms with Gasteiger partial charge < -0.3 is 20.7 Å². The van der Waals surface area contributed by atoms with E-state index in [9.17, 15) is 23.6 Å². The maximum Gasteiger partial charge on any atom is 0.326 e. The number of carboxylic acids is 1. The van der Waals surface area contributed by atoms with Gasteiger partial charge in [0.25, 0.3) is 11.8 Å². The van der Waals surface area contributed by atoms with Gasteiger partial charge in [0.05, 0.1) is 16.8 Å². The summed E-state index contributed by atoms with van der Waals surface area (Å²) in [5, 5.41) is 16.3. The van der Waals surface area contributed by atoms with Crippen molar-refractivity contribution in [3.05, 3.63) is 81.9 Å². The molecule has 2 aromatic carbocycles. The topological polar surface area (TPSA) is 140 Å². The highest BCUT2D eigenvalue weighted by molar-refractivity contribution is 6.35. The molecule has 0 saturated carbocycles. The van der Waals surface area contributed by atoms with Crippen molar-refractivity contribution in [2.75, 3.05) is 10.6 Å². The van der Waals surface area contributed by atoms with E-state index in [0.717, 1.165) is 22.9 Å². The van der Waals surface area contributed by atoms with Gasteiger partial charge >= 0.3 is 12.0 Å². The number of aliphatic carboxylic acids is 1. The molecule has 5 N–H and O–H groups in total. The number of aromatic nitrogens is 1. The van der Waals surface area contributed by atoms with Crippen LogP contribution in [0.25, 0.3) is 11.6 Å². The van der Waals surface area contributed by atoms with Crippen LogP contribution in [0.15, 0.2) is 42.5 Å². The van der Waals surface area contributed by atoms with Crippen LogP contribution in [0.3, 0.4) is 0 Å². The highest BCUT2D eigenvalue weighted by atomic mass is 19.1. The van der Waals surface area contributed by atoms with Crippen molar-refractivity contribution < 1.29 is 28.7 Å². The molecular weight excluding hydrogens is 467 g/mol. The average Bonchev–Trinajstić information content (AvgIpc) is 3.26. The highest BCUT2D eigenvalue weighted by Crippen LogP contribution is 2.36. The average molecular weight is 490 g/mol. The maximum atomic E-state index is 13.8. The third-order valence-electron chi connectivity index (χ3n) is 5.92. The van der Waals surface area contributed by atoms with Gasteiger partial charge in [-0.15, -0.1) is 0 Å². The first-order chi connectivity index (χ1) is 17.1. The molecule has 1 aromatic heterocycles. The van der Waals surface area contributed by atoms with Gasteiger partial charge in [-0.2, -0.15) is 0 Å². The van der Waals surface area contributed by atoms with Crippen LogP contribution >= 0.6 is 0 Å². The fourth-order valence-corrected chi connectivity index (χ4v) is 4.10. The minimum Gasteiger partial charge on any atom is -0.481 e. The Morgan fingerprint density at radius 1 is 1.11 bits per heavy atom. The minimum absolute atomic E-state index is 0.00804. The fourth-order valence-electron chi connectivity index (χ4n) is 4.10. The van der Waals surface area contributed by atoms with Gasteiger partial charge in [0.15, 0.2) is 0 Å². The zero-order chi connectivity index (χ0) is 26.0. The molecule has 4 rings (SSSR count). The maximum absolute atomic E-state index is 13.8. The van der Waals surface area contributed by atoms with Gasteiger partial charge in [-0.1, -0.05) is 18.2 Å². The van der Waals surface area contributed by atoms with Gasteiger partial charge in [-0.05, 0) is 61.7 Å². The lowest BCUT2D eigenvalue weighted by atomic mass is 10.0. The highest BCUT2D eigenvalue weighted by Gasteiger charge is 2.26. The van der Waals surface area contributed by atoms with Crippen LogP contribution in [0.1, 0.15) is 44.9 Å². The molecule has 184 valence electrons. The monoisotopic (exact) mass is 490 g/mol. The molecule has 2 heterocycles. The van der Waals surface area contributed by atoms with Crippen molar-refractivity contribution in [1.82, 2.24) is 10.3 Å². The zero-order valence-corrected chi connectivity index (χ0v) is 19.5. The molecule has 36 heavy (non-hydrogen) atoms. The third-order valence-corrected chi connectivity index (χ3v) is 5.92. The first kappa shape index (κ1) is 24.4. The summed E-state index contributed by atoms with van der Waals surface area (Å²) in [4.78, 5) is 51.2. The normalized spacial score (nSPS) is 13.3. The molecule has 10 heteroatoms. The second-order valence-corrected chi connectivity index (χ2v) is 8.32. The molecule has 0 bridgehead atoms. The number of amides is 4. The number of aromatic amines is 1. The number of nitrogens with one attached hydrogen (secondary N) is 4. The number of halogens is 1. The van der Waals surface area contributed by atoms with Gasteiger partial charge in [0, 0.05) is 29.1 Å². The summed E-state index contributed by atoms with van der Waals surface area (Å²) in [7, 11) is 0. The lowest BCUT2D eigenvalue weighted by Gasteiger charge is -2.08. The smallest absolute Gasteiger partial charge is 0.326 e. The number of hydrogen-bond donors (Lipinski definition) is 5. The number of hydrogen-bond acceptors (Lipinski definition) is 4. The summed E-state index contributed by atoms with van der Waals surface area (Å²) in [6.45, 7) is 3.73. The largest absolute Gasteiger partial charge is 0.481 e. The zero-order valence-electron chi connectivity index (χ0n) is 19.5. The van der Waals surface area contributed by atoms with Crippen molar-refractivity contribution in [1.29, 1.82) is 0 Å². The number of carboxylic acid groups (broad SMARTS) is 1. The van der Waals surface area contributed by atoms with E-state index in [1.54, 1.807) is 24.3 Å². The fraction of sp³-hybridized carbons (Fsp3) is 0.154. The van der Waals surface area contributed by atoms with Gasteiger partial charge in [-0.3, -0.25) is 19.7 Å². The summed E-state index contributed by atoms with van der Waals surface area (Å²) in [6, 6.07) is 9.23. The standard InChI is InChI=1S/C26H23FN4O5/c1-13-16(9-10-23(32)33)14(2)28-21(13)12-19-17-8-7-15(11-22(17)30-25(19)35)29-26(36)31-24(34)18-5-3-4-6-20(18)27/h3-8,11-12,28H,9-10H2,1-2H3,(H,30,35)(H,32,33)(H2,29,31,34,36). The Morgan fingerprint density at radius 2 is 1.86 bits per heavy atom. The summed E-state index contributed by atoms with van der Waals surface area (Å²) < 4.78 is 13.8. The van der Waals surface area contributed by atoms with E-state index in [1.807, 2.05) is 13.8 Å². The molecule has 4 amide bonds. The number of carbonyl (C=O) groups is 4. The summed E-state index contributed by atoms with van der Waals surface area (Å²) in [5.74, 6) is -2.85. The van der Waals surface area contributed by atoms with E-state index in [-0.39, 0.29) is 17.9 Å². The number of rotatable bonds is 6. The number of anilines is 2. The molecular formula is C26H23FN4O5. The van der Waals surface area contributed by atoms with Crippen molar-refractivity contribution >= 4 is 46.8 Å². The van der Waals surface area contributed by atoms with Crippen LogP contribution in [-0.4, -0.2) is 33.9 Å². The SMILES string of the molecule is Cc1[nH]c(C=C2C(=O)Nc3cc(NC(=O)NC(=O)c4ccccc4F)ccc32)c(C)c1CCC(=O)O. The predicted octanol–water partition coefficient (Wildman–Crippen LogP) is 4.24. The predicted molar refractivity (Wildman–Crippen MR) is 132 cm³/mol. The Hall–Kier alpha value is -4.73. The Balaban J connectivity index is 1.51. The van der Waals surface area contributed by atoms with Crippen molar-refractivity contribution in [2.24, 2.45) is 0 Å². The van der Waals surface area contributed by atoms with Crippen LogP contribution in [0.2, 0.25) is 0 Å². The lowest BCUT2D eigenvalue weighted by Crippen LogP contribution is -2.34. The molecule has 0 atom stereocenters. The third kappa shape index (κ3) is 5.02. The quantitative estimate of drug-likeness (QED) is 0.329. The number of carbonyl (C=O) groups excluding carboxylic acids is 3. The minimum atomic E-state index is -0.885. The van der Waals surface area contributed by atoms with Crippen molar-refractivity contribution in [3.63, 3.8) is 0 Å². The van der Waals surface area contributed by atoms with E-state index >= 15 is 0 Å².